The lowest BCUT2D eigenvalue weighted by Gasteiger charge is -2.06. The topological polar surface area (TPSA) is 0 Å². The first-order valence-electron chi connectivity index (χ1n) is 2.96. The van der Waals surface area contributed by atoms with Crippen molar-refractivity contribution in [2.45, 2.75) is 9.79 Å². The minimum atomic E-state index is 1.25. The molecule has 10 heavy (non-hydrogen) atoms. The van der Waals surface area contributed by atoms with Gasteiger partial charge in [0.15, 0.2) is 0 Å². The quantitative estimate of drug-likeness (QED) is 0.579. The normalized spacial score (nSPS) is 14.8. The molecule has 0 saturated heterocycles. The molecule has 1 aliphatic heterocycles. The fourth-order valence-electron chi connectivity index (χ4n) is 0.788. The molecule has 0 spiro atoms. The molecule has 1 aromatic carbocycles. The predicted molar refractivity (Wildman–Crippen MR) is 46.1 cm³/mol. The zero-order valence-corrected chi connectivity index (χ0v) is 6.84. The molecule has 2 rings (SSSR count). The molecule has 0 nitrogen and oxygen atoms in total. The summed E-state index contributed by atoms with van der Waals surface area (Å²) in [5, 5.41) is 4.18. The van der Waals surface area contributed by atoms with E-state index in [1.807, 2.05) is 12.1 Å². The van der Waals surface area contributed by atoms with Crippen molar-refractivity contribution in [3.05, 3.63) is 35.1 Å². The maximum absolute atomic E-state index is 3.18. The summed E-state index contributed by atoms with van der Waals surface area (Å²) >= 11 is 3.49. The van der Waals surface area contributed by atoms with Crippen molar-refractivity contribution >= 4 is 23.5 Å². The summed E-state index contributed by atoms with van der Waals surface area (Å²) < 4.78 is 0. The van der Waals surface area contributed by atoms with Crippen molar-refractivity contribution in [3.63, 3.8) is 0 Å². The molecule has 2 heteroatoms. The van der Waals surface area contributed by atoms with Crippen LogP contribution in [0.25, 0.3) is 0 Å². The van der Waals surface area contributed by atoms with Crippen LogP contribution in [0.15, 0.2) is 38.8 Å². The fraction of sp³-hybridized carbons (Fsp3) is 0. The van der Waals surface area contributed by atoms with Gasteiger partial charge >= 0.3 is 0 Å². The van der Waals surface area contributed by atoms with Crippen LogP contribution in [-0.4, -0.2) is 0 Å². The van der Waals surface area contributed by atoms with Gasteiger partial charge in [-0.15, -0.1) is 0 Å². The molecule has 0 aromatic heterocycles. The van der Waals surface area contributed by atoms with E-state index < -0.39 is 0 Å². The van der Waals surface area contributed by atoms with Crippen LogP contribution in [0.4, 0.5) is 0 Å². The number of hydrogen-bond acceptors (Lipinski definition) is 2. The average Bonchev–Trinajstić information content (AvgIpc) is 2.05. The first kappa shape index (κ1) is 6.38. The van der Waals surface area contributed by atoms with Crippen molar-refractivity contribution < 1.29 is 0 Å². The lowest BCUT2D eigenvalue weighted by Crippen LogP contribution is -1.77. The first-order valence-corrected chi connectivity index (χ1v) is 4.72. The Bertz CT molecular complexity index is 239. The smallest absolute Gasteiger partial charge is 0.0334 e. The molecule has 0 aliphatic carbocycles. The SMILES string of the molecule is [c]1cccc2c1SC=CS2. The van der Waals surface area contributed by atoms with Gasteiger partial charge in [0.25, 0.3) is 0 Å². The zero-order chi connectivity index (χ0) is 6.81. The Kier molecular flexibility index (Phi) is 1.74. The number of rotatable bonds is 0. The number of hydrogen-bond donors (Lipinski definition) is 0. The minimum Gasteiger partial charge on any atom is -0.0963 e. The monoisotopic (exact) mass is 165 g/mol. The Morgan fingerprint density at radius 1 is 1.20 bits per heavy atom. The number of benzene rings is 1. The summed E-state index contributed by atoms with van der Waals surface area (Å²) in [5.41, 5.74) is 0. The molecule has 1 radical (unpaired) electrons. The zero-order valence-electron chi connectivity index (χ0n) is 5.20. The molecule has 1 aromatic rings. The Balaban J connectivity index is 2.47. The number of fused-ring (bicyclic) bond motifs is 1. The van der Waals surface area contributed by atoms with E-state index in [2.05, 4.69) is 22.9 Å². The average molecular weight is 165 g/mol. The van der Waals surface area contributed by atoms with Crippen LogP contribution < -0.4 is 0 Å². The molecule has 0 amide bonds. The largest absolute Gasteiger partial charge is 0.0963 e. The van der Waals surface area contributed by atoms with Gasteiger partial charge in [0, 0.05) is 9.79 Å². The van der Waals surface area contributed by atoms with E-state index >= 15 is 0 Å². The molecule has 0 bridgehead atoms. The summed E-state index contributed by atoms with van der Waals surface area (Å²) in [6, 6.07) is 9.27. The highest BCUT2D eigenvalue weighted by atomic mass is 32.2. The second-order valence-electron chi connectivity index (χ2n) is 1.87. The van der Waals surface area contributed by atoms with E-state index in [4.69, 9.17) is 0 Å². The molecule has 0 saturated carbocycles. The van der Waals surface area contributed by atoms with Gasteiger partial charge in [0.1, 0.15) is 0 Å². The molecule has 0 N–H and O–H groups in total. The van der Waals surface area contributed by atoms with Crippen molar-refractivity contribution in [1.29, 1.82) is 0 Å². The van der Waals surface area contributed by atoms with Crippen molar-refractivity contribution in [3.8, 4) is 0 Å². The Morgan fingerprint density at radius 3 is 3.00 bits per heavy atom. The fourth-order valence-corrected chi connectivity index (χ4v) is 2.45. The van der Waals surface area contributed by atoms with Gasteiger partial charge in [0.2, 0.25) is 0 Å². The van der Waals surface area contributed by atoms with E-state index in [0.717, 1.165) is 0 Å². The van der Waals surface area contributed by atoms with Gasteiger partial charge in [-0.1, -0.05) is 35.7 Å². The maximum Gasteiger partial charge on any atom is 0.0334 e. The van der Waals surface area contributed by atoms with Gasteiger partial charge in [0.05, 0.1) is 0 Å². The van der Waals surface area contributed by atoms with Crippen LogP contribution in [0.5, 0.6) is 0 Å². The molecule has 0 unspecified atom stereocenters. The van der Waals surface area contributed by atoms with Crippen molar-refractivity contribution in [1.82, 2.24) is 0 Å². The standard InChI is InChI=1S/C8H5S2/c1-2-4-8-7(3-1)9-5-6-10-8/h1-3,5-6H. The molecule has 49 valence electrons. The van der Waals surface area contributed by atoms with E-state index in [-0.39, 0.29) is 0 Å². The van der Waals surface area contributed by atoms with Crippen LogP contribution in [0, 0.1) is 6.07 Å². The van der Waals surface area contributed by atoms with Crippen molar-refractivity contribution in [2.75, 3.05) is 0 Å². The molecule has 0 atom stereocenters. The molecular weight excluding hydrogens is 160 g/mol. The molecule has 1 heterocycles. The predicted octanol–water partition coefficient (Wildman–Crippen LogP) is 3.16. The first-order chi connectivity index (χ1) is 4.97. The van der Waals surface area contributed by atoms with Crippen LogP contribution >= 0.6 is 23.5 Å². The van der Waals surface area contributed by atoms with Crippen LogP contribution in [0.1, 0.15) is 0 Å². The third-order valence-corrected chi connectivity index (χ3v) is 3.23. The number of thioether (sulfide) groups is 2. The summed E-state index contributed by atoms with van der Waals surface area (Å²) in [7, 11) is 0. The van der Waals surface area contributed by atoms with Crippen molar-refractivity contribution in [2.24, 2.45) is 0 Å². The molecule has 1 aliphatic rings. The van der Waals surface area contributed by atoms with Gasteiger partial charge in [-0.25, -0.2) is 0 Å². The maximum atomic E-state index is 3.18. The Morgan fingerprint density at radius 2 is 2.10 bits per heavy atom. The van der Waals surface area contributed by atoms with Gasteiger partial charge < -0.3 is 0 Å². The second kappa shape index (κ2) is 2.72. The lowest BCUT2D eigenvalue weighted by atomic mass is 10.4. The second-order valence-corrected chi connectivity index (χ2v) is 3.74. The Labute approximate surface area is 68.7 Å². The summed E-state index contributed by atoms with van der Waals surface area (Å²) in [4.78, 5) is 2.56. The molecular formula is C8H5S2. The van der Waals surface area contributed by atoms with Crippen LogP contribution in [-0.2, 0) is 0 Å². The van der Waals surface area contributed by atoms with E-state index in [1.165, 1.54) is 9.79 Å². The summed E-state index contributed by atoms with van der Waals surface area (Å²) in [5.74, 6) is 0. The minimum absolute atomic E-state index is 1.25. The highest BCUT2D eigenvalue weighted by Crippen LogP contribution is 2.36. The molecule has 0 fully saturated rings. The van der Waals surface area contributed by atoms with E-state index in [0.29, 0.717) is 0 Å². The third kappa shape index (κ3) is 1.09. The third-order valence-electron chi connectivity index (χ3n) is 1.22. The highest BCUT2D eigenvalue weighted by molar-refractivity contribution is 8.08. The van der Waals surface area contributed by atoms with Crippen LogP contribution in [0.3, 0.4) is 0 Å². The van der Waals surface area contributed by atoms with E-state index in [9.17, 15) is 0 Å². The lowest BCUT2D eigenvalue weighted by molar-refractivity contribution is 1.25. The Hall–Kier alpha value is -0.340. The van der Waals surface area contributed by atoms with E-state index in [1.54, 1.807) is 23.5 Å². The van der Waals surface area contributed by atoms with Gasteiger partial charge in [-0.05, 0) is 22.9 Å². The summed E-state index contributed by atoms with van der Waals surface area (Å²) in [6.45, 7) is 0. The summed E-state index contributed by atoms with van der Waals surface area (Å²) in [6.07, 6.45) is 0. The van der Waals surface area contributed by atoms with Gasteiger partial charge in [-0.3, -0.25) is 0 Å². The highest BCUT2D eigenvalue weighted by Gasteiger charge is 2.03. The van der Waals surface area contributed by atoms with Crippen LogP contribution in [0.2, 0.25) is 0 Å². The van der Waals surface area contributed by atoms with Gasteiger partial charge in [-0.2, -0.15) is 0 Å².